The van der Waals surface area contributed by atoms with Gasteiger partial charge in [-0.1, -0.05) is 11.8 Å². The van der Waals surface area contributed by atoms with Crippen LogP contribution in [0.1, 0.15) is 5.89 Å². The summed E-state index contributed by atoms with van der Waals surface area (Å²) in [6, 6.07) is 7.65. The predicted octanol–water partition coefficient (Wildman–Crippen LogP) is 2.96. The van der Waals surface area contributed by atoms with Gasteiger partial charge in [-0.3, -0.25) is 0 Å². The number of hydrogen-bond donors (Lipinski definition) is 0. The Morgan fingerprint density at radius 1 is 1.05 bits per heavy atom. The average Bonchev–Trinajstić information content (AvgIpc) is 2.96. The highest BCUT2D eigenvalue weighted by Crippen LogP contribution is 2.22. The van der Waals surface area contributed by atoms with Gasteiger partial charge in [-0.2, -0.15) is 0 Å². The normalized spacial score (nSPS) is 10.7. The Morgan fingerprint density at radius 3 is 2.55 bits per heavy atom. The lowest BCUT2D eigenvalue weighted by molar-refractivity contribution is 0.528. The summed E-state index contributed by atoms with van der Waals surface area (Å²) in [5.74, 6) is 1.03. The van der Waals surface area contributed by atoms with E-state index in [9.17, 15) is 4.39 Å². The van der Waals surface area contributed by atoms with E-state index in [2.05, 4.69) is 20.2 Å². The molecule has 0 aliphatic heterocycles. The summed E-state index contributed by atoms with van der Waals surface area (Å²) in [5.41, 5.74) is 0.686. The van der Waals surface area contributed by atoms with E-state index in [4.69, 9.17) is 4.42 Å². The fraction of sp³-hybridized carbons (Fsp3) is 0.0769. The molecule has 0 atom stereocenters. The predicted molar refractivity (Wildman–Crippen MR) is 71.3 cm³/mol. The minimum atomic E-state index is -0.301. The Labute approximate surface area is 118 Å². The second-order valence-electron chi connectivity index (χ2n) is 3.83. The Balaban J connectivity index is 1.69. The second-order valence-corrected chi connectivity index (χ2v) is 4.77. The fourth-order valence-electron chi connectivity index (χ4n) is 1.51. The van der Waals surface area contributed by atoms with Crippen molar-refractivity contribution in [1.29, 1.82) is 0 Å². The van der Waals surface area contributed by atoms with Crippen molar-refractivity contribution in [3.8, 4) is 11.5 Å². The molecule has 0 fully saturated rings. The lowest BCUT2D eigenvalue weighted by atomic mass is 10.2. The van der Waals surface area contributed by atoms with Gasteiger partial charge in [0.15, 0.2) is 5.16 Å². The van der Waals surface area contributed by atoms with E-state index in [-0.39, 0.29) is 5.82 Å². The summed E-state index contributed by atoms with van der Waals surface area (Å²) in [6.45, 7) is 0. The fourth-order valence-corrected chi connectivity index (χ4v) is 2.15. The van der Waals surface area contributed by atoms with E-state index in [1.807, 2.05) is 0 Å². The van der Waals surface area contributed by atoms with Crippen LogP contribution in [0.3, 0.4) is 0 Å². The first kappa shape index (κ1) is 12.7. The molecule has 0 amide bonds. The number of benzene rings is 1. The van der Waals surface area contributed by atoms with Crippen LogP contribution in [0.5, 0.6) is 0 Å². The molecule has 0 saturated heterocycles. The van der Waals surface area contributed by atoms with Crippen molar-refractivity contribution in [3.63, 3.8) is 0 Å². The zero-order chi connectivity index (χ0) is 13.8. The zero-order valence-corrected chi connectivity index (χ0v) is 11.0. The van der Waals surface area contributed by atoms with Gasteiger partial charge < -0.3 is 4.42 Å². The van der Waals surface area contributed by atoms with Crippen LogP contribution < -0.4 is 0 Å². The lowest BCUT2D eigenvalue weighted by Crippen LogP contribution is -1.85. The third kappa shape index (κ3) is 3.00. The molecule has 100 valence electrons. The first-order chi connectivity index (χ1) is 9.81. The summed E-state index contributed by atoms with van der Waals surface area (Å²) in [5, 5.41) is 8.53. The van der Waals surface area contributed by atoms with Crippen molar-refractivity contribution in [2.45, 2.75) is 10.9 Å². The summed E-state index contributed by atoms with van der Waals surface area (Å²) in [4.78, 5) is 8.18. The largest absolute Gasteiger partial charge is 0.420 e. The molecule has 0 radical (unpaired) electrons. The summed E-state index contributed by atoms with van der Waals surface area (Å²) >= 11 is 1.41. The molecule has 5 nitrogen and oxygen atoms in total. The molecule has 0 unspecified atom stereocenters. The van der Waals surface area contributed by atoms with Crippen molar-refractivity contribution in [1.82, 2.24) is 20.2 Å². The molecule has 0 N–H and O–H groups in total. The van der Waals surface area contributed by atoms with Crippen LogP contribution in [0.15, 0.2) is 52.3 Å². The van der Waals surface area contributed by atoms with Crippen LogP contribution >= 0.6 is 11.8 Å². The van der Waals surface area contributed by atoms with Gasteiger partial charge in [0.2, 0.25) is 11.8 Å². The molecule has 0 saturated carbocycles. The van der Waals surface area contributed by atoms with Gasteiger partial charge in [-0.15, -0.1) is 10.2 Å². The van der Waals surface area contributed by atoms with Crippen LogP contribution in [0.4, 0.5) is 4.39 Å². The van der Waals surface area contributed by atoms with Crippen molar-refractivity contribution >= 4 is 11.8 Å². The smallest absolute Gasteiger partial charge is 0.247 e. The molecule has 0 aliphatic carbocycles. The molecule has 7 heteroatoms. The molecule has 20 heavy (non-hydrogen) atoms. The summed E-state index contributed by atoms with van der Waals surface area (Å²) < 4.78 is 18.3. The number of nitrogens with zero attached hydrogens (tertiary/aromatic N) is 4. The van der Waals surface area contributed by atoms with Gasteiger partial charge in [0.1, 0.15) is 5.82 Å². The SMILES string of the molecule is Fc1ccc(-c2nnc(CSc3ncccn3)o2)cc1. The molecule has 0 bridgehead atoms. The molecule has 3 aromatic rings. The van der Waals surface area contributed by atoms with E-state index in [0.29, 0.717) is 28.3 Å². The van der Waals surface area contributed by atoms with Gasteiger partial charge in [-0.25, -0.2) is 14.4 Å². The summed E-state index contributed by atoms with van der Waals surface area (Å²) in [6.07, 6.45) is 3.35. The number of aromatic nitrogens is 4. The van der Waals surface area contributed by atoms with E-state index in [1.165, 1.54) is 23.9 Å². The topological polar surface area (TPSA) is 64.7 Å². The molecule has 2 heterocycles. The van der Waals surface area contributed by atoms with Gasteiger partial charge >= 0.3 is 0 Å². The van der Waals surface area contributed by atoms with Crippen LogP contribution in [0, 0.1) is 5.82 Å². The van der Waals surface area contributed by atoms with Gasteiger partial charge in [0.25, 0.3) is 0 Å². The Morgan fingerprint density at radius 2 is 1.80 bits per heavy atom. The lowest BCUT2D eigenvalue weighted by Gasteiger charge is -1.95. The third-order valence-electron chi connectivity index (χ3n) is 2.42. The molecule has 0 spiro atoms. The Bertz CT molecular complexity index is 687. The number of halogens is 1. The van der Waals surface area contributed by atoms with Crippen molar-refractivity contribution in [2.24, 2.45) is 0 Å². The van der Waals surface area contributed by atoms with E-state index >= 15 is 0 Å². The minimum Gasteiger partial charge on any atom is -0.420 e. The van der Waals surface area contributed by atoms with E-state index in [1.54, 1.807) is 30.6 Å². The van der Waals surface area contributed by atoms with E-state index < -0.39 is 0 Å². The third-order valence-corrected chi connectivity index (χ3v) is 3.29. The van der Waals surface area contributed by atoms with Crippen LogP contribution in [-0.4, -0.2) is 20.2 Å². The Hall–Kier alpha value is -2.28. The van der Waals surface area contributed by atoms with Gasteiger partial charge in [0.05, 0.1) is 5.75 Å². The second kappa shape index (κ2) is 5.79. The van der Waals surface area contributed by atoms with Crippen LogP contribution in [0.25, 0.3) is 11.5 Å². The number of thioether (sulfide) groups is 1. The summed E-state index contributed by atoms with van der Waals surface area (Å²) in [7, 11) is 0. The molecular weight excluding hydrogens is 279 g/mol. The minimum absolute atomic E-state index is 0.301. The number of rotatable bonds is 4. The molecule has 3 rings (SSSR count). The average molecular weight is 288 g/mol. The monoisotopic (exact) mass is 288 g/mol. The van der Waals surface area contributed by atoms with Gasteiger partial charge in [0, 0.05) is 18.0 Å². The number of hydrogen-bond acceptors (Lipinski definition) is 6. The van der Waals surface area contributed by atoms with Gasteiger partial charge in [-0.05, 0) is 30.3 Å². The molecule has 2 aromatic heterocycles. The van der Waals surface area contributed by atoms with Crippen molar-refractivity contribution in [3.05, 3.63) is 54.4 Å². The maximum Gasteiger partial charge on any atom is 0.247 e. The first-order valence-corrected chi connectivity index (χ1v) is 6.78. The van der Waals surface area contributed by atoms with E-state index in [0.717, 1.165) is 0 Å². The maximum absolute atomic E-state index is 12.8. The van der Waals surface area contributed by atoms with Crippen LogP contribution in [-0.2, 0) is 5.75 Å². The molecule has 1 aromatic carbocycles. The standard InChI is InChI=1S/C13H9FN4OS/c14-10-4-2-9(3-5-10)12-18-17-11(19-12)8-20-13-15-6-1-7-16-13/h1-7H,8H2. The highest BCUT2D eigenvalue weighted by molar-refractivity contribution is 7.98. The first-order valence-electron chi connectivity index (χ1n) is 5.79. The maximum atomic E-state index is 12.8. The van der Waals surface area contributed by atoms with Crippen molar-refractivity contribution < 1.29 is 8.81 Å². The quantitative estimate of drug-likeness (QED) is 0.543. The highest BCUT2D eigenvalue weighted by atomic mass is 32.2. The van der Waals surface area contributed by atoms with Crippen molar-refractivity contribution in [2.75, 3.05) is 0 Å². The highest BCUT2D eigenvalue weighted by Gasteiger charge is 2.09. The van der Waals surface area contributed by atoms with Crippen LogP contribution in [0.2, 0.25) is 0 Å². The Kier molecular flexibility index (Phi) is 3.69. The molecule has 0 aliphatic rings. The zero-order valence-electron chi connectivity index (χ0n) is 10.2. The molecular formula is C13H9FN4OS.